The molecule has 0 bridgehead atoms. The lowest BCUT2D eigenvalue weighted by Crippen LogP contribution is -1.93. The second kappa shape index (κ2) is 4.06. The number of hydrogen-bond donors (Lipinski definition) is 0. The minimum Gasteiger partial charge on any atom is -0.0651 e. The summed E-state index contributed by atoms with van der Waals surface area (Å²) in [6.45, 7) is 6.72. The fraction of sp³-hybridized carbons (Fsp3) is 0.333. The van der Waals surface area contributed by atoms with Crippen molar-refractivity contribution in [3.8, 4) is 0 Å². The fourth-order valence-corrected chi connectivity index (χ4v) is 2.23. The molecule has 0 aliphatic heterocycles. The molecule has 0 radical (unpaired) electrons. The summed E-state index contributed by atoms with van der Waals surface area (Å²) in [5.41, 5.74) is 4.42. The highest BCUT2D eigenvalue weighted by Crippen LogP contribution is 2.25. The SMILES string of the molecule is CCCc1cc2ccccc2c(C)c1C. The summed E-state index contributed by atoms with van der Waals surface area (Å²) < 4.78 is 0. The van der Waals surface area contributed by atoms with Gasteiger partial charge in [0.15, 0.2) is 0 Å². The van der Waals surface area contributed by atoms with Gasteiger partial charge in [0.25, 0.3) is 0 Å². The Labute approximate surface area is 91.9 Å². The van der Waals surface area contributed by atoms with Gasteiger partial charge in [0, 0.05) is 0 Å². The highest BCUT2D eigenvalue weighted by Gasteiger charge is 2.05. The lowest BCUT2D eigenvalue weighted by molar-refractivity contribution is 0.912. The third-order valence-electron chi connectivity index (χ3n) is 3.26. The van der Waals surface area contributed by atoms with Gasteiger partial charge in [0.05, 0.1) is 0 Å². The van der Waals surface area contributed by atoms with Crippen LogP contribution in [-0.2, 0) is 6.42 Å². The molecule has 2 rings (SSSR count). The molecule has 0 nitrogen and oxygen atoms in total. The Morgan fingerprint density at radius 2 is 1.73 bits per heavy atom. The molecule has 0 heteroatoms. The van der Waals surface area contributed by atoms with Gasteiger partial charge in [-0.05, 0) is 47.7 Å². The van der Waals surface area contributed by atoms with Gasteiger partial charge in [-0.15, -0.1) is 0 Å². The smallest absolute Gasteiger partial charge is 0.0152 e. The molecule has 0 amide bonds. The summed E-state index contributed by atoms with van der Waals surface area (Å²) in [5.74, 6) is 0. The van der Waals surface area contributed by atoms with E-state index < -0.39 is 0 Å². The van der Waals surface area contributed by atoms with Crippen molar-refractivity contribution in [2.45, 2.75) is 33.6 Å². The van der Waals surface area contributed by atoms with Gasteiger partial charge in [-0.3, -0.25) is 0 Å². The van der Waals surface area contributed by atoms with Crippen LogP contribution in [0.15, 0.2) is 30.3 Å². The molecule has 0 fully saturated rings. The zero-order valence-corrected chi connectivity index (χ0v) is 9.80. The van der Waals surface area contributed by atoms with E-state index in [2.05, 4.69) is 51.1 Å². The van der Waals surface area contributed by atoms with Crippen molar-refractivity contribution in [2.24, 2.45) is 0 Å². The largest absolute Gasteiger partial charge is 0.0651 e. The Morgan fingerprint density at radius 1 is 1.00 bits per heavy atom. The van der Waals surface area contributed by atoms with E-state index in [1.54, 1.807) is 0 Å². The molecule has 0 saturated heterocycles. The van der Waals surface area contributed by atoms with E-state index in [1.165, 1.54) is 40.3 Å². The summed E-state index contributed by atoms with van der Waals surface area (Å²) >= 11 is 0. The molecule has 0 aromatic heterocycles. The topological polar surface area (TPSA) is 0 Å². The van der Waals surface area contributed by atoms with Gasteiger partial charge < -0.3 is 0 Å². The van der Waals surface area contributed by atoms with Crippen LogP contribution in [0.4, 0.5) is 0 Å². The number of rotatable bonds is 2. The molecule has 0 N–H and O–H groups in total. The summed E-state index contributed by atoms with van der Waals surface area (Å²) in [7, 11) is 0. The molecule has 0 aliphatic carbocycles. The van der Waals surface area contributed by atoms with Crippen molar-refractivity contribution in [3.63, 3.8) is 0 Å². The Kier molecular flexibility index (Phi) is 2.77. The fourth-order valence-electron chi connectivity index (χ4n) is 2.23. The van der Waals surface area contributed by atoms with Crippen LogP contribution in [0.25, 0.3) is 10.8 Å². The van der Waals surface area contributed by atoms with Crippen LogP contribution < -0.4 is 0 Å². The highest BCUT2D eigenvalue weighted by atomic mass is 14.1. The standard InChI is InChI=1S/C15H18/c1-4-7-13-10-14-8-5-6-9-15(14)12(3)11(13)2/h5-6,8-10H,4,7H2,1-3H3. The van der Waals surface area contributed by atoms with Gasteiger partial charge in [-0.25, -0.2) is 0 Å². The molecule has 0 heterocycles. The number of hydrogen-bond acceptors (Lipinski definition) is 0. The van der Waals surface area contributed by atoms with Gasteiger partial charge in [0.2, 0.25) is 0 Å². The molecular formula is C15H18. The molecule has 0 saturated carbocycles. The summed E-state index contributed by atoms with van der Waals surface area (Å²) in [6.07, 6.45) is 2.41. The predicted molar refractivity (Wildman–Crippen MR) is 67.4 cm³/mol. The van der Waals surface area contributed by atoms with Crippen molar-refractivity contribution in [1.82, 2.24) is 0 Å². The van der Waals surface area contributed by atoms with Crippen LogP contribution in [0.3, 0.4) is 0 Å². The van der Waals surface area contributed by atoms with Crippen LogP contribution in [0.1, 0.15) is 30.0 Å². The third kappa shape index (κ3) is 1.77. The molecule has 78 valence electrons. The van der Waals surface area contributed by atoms with Gasteiger partial charge in [0.1, 0.15) is 0 Å². The molecule has 2 aromatic rings. The van der Waals surface area contributed by atoms with Crippen LogP contribution in [0.5, 0.6) is 0 Å². The molecule has 0 aliphatic rings. The molecule has 2 aromatic carbocycles. The normalized spacial score (nSPS) is 10.9. The maximum Gasteiger partial charge on any atom is -0.0152 e. The first-order valence-corrected chi connectivity index (χ1v) is 5.72. The second-order valence-corrected chi connectivity index (χ2v) is 4.26. The minimum atomic E-state index is 1.19. The summed E-state index contributed by atoms with van der Waals surface area (Å²) in [5, 5.41) is 2.78. The Morgan fingerprint density at radius 3 is 2.47 bits per heavy atom. The first kappa shape index (κ1) is 10.2. The maximum atomic E-state index is 2.35. The average molecular weight is 198 g/mol. The first-order chi connectivity index (χ1) is 7.24. The van der Waals surface area contributed by atoms with Crippen molar-refractivity contribution in [3.05, 3.63) is 47.0 Å². The third-order valence-corrected chi connectivity index (χ3v) is 3.26. The summed E-state index contributed by atoms with van der Waals surface area (Å²) in [6, 6.07) is 11.0. The molecule has 15 heavy (non-hydrogen) atoms. The van der Waals surface area contributed by atoms with Crippen molar-refractivity contribution in [2.75, 3.05) is 0 Å². The molecule has 0 unspecified atom stereocenters. The van der Waals surface area contributed by atoms with Crippen LogP contribution in [0.2, 0.25) is 0 Å². The van der Waals surface area contributed by atoms with Crippen LogP contribution >= 0.6 is 0 Å². The van der Waals surface area contributed by atoms with E-state index in [9.17, 15) is 0 Å². The number of fused-ring (bicyclic) bond motifs is 1. The van der Waals surface area contributed by atoms with Crippen molar-refractivity contribution in [1.29, 1.82) is 0 Å². The quantitative estimate of drug-likeness (QED) is 0.670. The van der Waals surface area contributed by atoms with Gasteiger partial charge in [-0.2, -0.15) is 0 Å². The van der Waals surface area contributed by atoms with Crippen molar-refractivity contribution < 1.29 is 0 Å². The van der Waals surface area contributed by atoms with E-state index in [-0.39, 0.29) is 0 Å². The molecule has 0 spiro atoms. The van der Waals surface area contributed by atoms with E-state index in [0.29, 0.717) is 0 Å². The van der Waals surface area contributed by atoms with E-state index in [0.717, 1.165) is 0 Å². The van der Waals surface area contributed by atoms with E-state index in [1.807, 2.05) is 0 Å². The Bertz CT molecular complexity index is 481. The Balaban J connectivity index is 2.71. The monoisotopic (exact) mass is 198 g/mol. The predicted octanol–water partition coefficient (Wildman–Crippen LogP) is 4.41. The van der Waals surface area contributed by atoms with Crippen molar-refractivity contribution >= 4 is 10.8 Å². The number of aryl methyl sites for hydroxylation is 2. The summed E-state index contributed by atoms with van der Waals surface area (Å²) in [4.78, 5) is 0. The first-order valence-electron chi connectivity index (χ1n) is 5.72. The van der Waals surface area contributed by atoms with Gasteiger partial charge >= 0.3 is 0 Å². The maximum absolute atomic E-state index is 2.35. The minimum absolute atomic E-state index is 1.19. The van der Waals surface area contributed by atoms with Gasteiger partial charge in [-0.1, -0.05) is 43.7 Å². The molecular weight excluding hydrogens is 180 g/mol. The lowest BCUT2D eigenvalue weighted by atomic mass is 9.94. The van der Waals surface area contributed by atoms with E-state index in [4.69, 9.17) is 0 Å². The zero-order chi connectivity index (χ0) is 10.8. The second-order valence-electron chi connectivity index (χ2n) is 4.26. The zero-order valence-electron chi connectivity index (χ0n) is 9.80. The average Bonchev–Trinajstić information content (AvgIpc) is 2.26. The Hall–Kier alpha value is -1.30. The molecule has 0 atom stereocenters. The van der Waals surface area contributed by atoms with Crippen LogP contribution in [-0.4, -0.2) is 0 Å². The van der Waals surface area contributed by atoms with E-state index >= 15 is 0 Å². The lowest BCUT2D eigenvalue weighted by Gasteiger charge is -2.11. The van der Waals surface area contributed by atoms with Crippen LogP contribution in [0, 0.1) is 13.8 Å². The highest BCUT2D eigenvalue weighted by molar-refractivity contribution is 5.87. The number of benzene rings is 2.